The van der Waals surface area contributed by atoms with Crippen molar-refractivity contribution in [2.45, 2.75) is 0 Å². The Morgan fingerprint density at radius 3 is 2.70 bits per heavy atom. The number of esters is 1. The normalized spacial score (nSPS) is 14.4. The number of cyclic esters (lactones) is 1. The zero-order valence-corrected chi connectivity index (χ0v) is 10.7. The molecule has 20 heavy (non-hydrogen) atoms. The fourth-order valence-electron chi connectivity index (χ4n) is 1.61. The van der Waals surface area contributed by atoms with Crippen molar-refractivity contribution in [1.82, 2.24) is 4.90 Å². The molecule has 6 nitrogen and oxygen atoms in total. The predicted octanol–water partition coefficient (Wildman–Crippen LogP) is 1.22. The van der Waals surface area contributed by atoms with E-state index in [0.717, 1.165) is 10.5 Å². The molecule has 0 radical (unpaired) electrons. The quantitative estimate of drug-likeness (QED) is 0.610. The summed E-state index contributed by atoms with van der Waals surface area (Å²) in [4.78, 5) is 35.0. The van der Waals surface area contributed by atoms with Gasteiger partial charge in [0.2, 0.25) is 0 Å². The number of nitrogens with zero attached hydrogens (tertiary/aromatic N) is 1. The highest BCUT2D eigenvalue weighted by Crippen LogP contribution is 2.04. The Hall–Kier alpha value is -2.63. The van der Waals surface area contributed by atoms with Gasteiger partial charge in [-0.15, -0.1) is 0 Å². The molecule has 1 fully saturated rings. The molecule has 1 aliphatic rings. The van der Waals surface area contributed by atoms with Gasteiger partial charge in [0.05, 0.1) is 6.54 Å². The van der Waals surface area contributed by atoms with Gasteiger partial charge in [-0.25, -0.2) is 14.5 Å². The van der Waals surface area contributed by atoms with Gasteiger partial charge >= 0.3 is 12.1 Å². The minimum atomic E-state index is -0.703. The van der Waals surface area contributed by atoms with Gasteiger partial charge < -0.3 is 9.47 Å². The topological polar surface area (TPSA) is 72.9 Å². The number of benzene rings is 1. The van der Waals surface area contributed by atoms with Crippen LogP contribution in [0, 0.1) is 0 Å². The standard InChI is InChI=1S/C14H13NO5/c16-12(15-8-9-19-14(15)18)10-20-13(17)7-6-11-4-2-1-3-5-11/h1-7H,8-10H2/b7-6+. The van der Waals surface area contributed by atoms with Crippen LogP contribution >= 0.6 is 0 Å². The average molecular weight is 275 g/mol. The zero-order chi connectivity index (χ0) is 14.4. The van der Waals surface area contributed by atoms with Crippen molar-refractivity contribution in [3.05, 3.63) is 42.0 Å². The molecule has 0 bridgehead atoms. The number of carbonyl (C=O) groups is 3. The SMILES string of the molecule is O=C(/C=C/c1ccccc1)OCC(=O)N1CCOC1=O. The zero-order valence-electron chi connectivity index (χ0n) is 10.7. The molecule has 1 aliphatic heterocycles. The second-order valence-electron chi connectivity index (χ2n) is 4.01. The minimum absolute atomic E-state index is 0.173. The predicted molar refractivity (Wildman–Crippen MR) is 69.5 cm³/mol. The van der Waals surface area contributed by atoms with Crippen LogP contribution in [0.1, 0.15) is 5.56 Å². The van der Waals surface area contributed by atoms with Crippen LogP contribution in [0.5, 0.6) is 0 Å². The first-order chi connectivity index (χ1) is 9.66. The first kappa shape index (κ1) is 13.8. The summed E-state index contributed by atoms with van der Waals surface area (Å²) in [7, 11) is 0. The average Bonchev–Trinajstić information content (AvgIpc) is 2.90. The molecular formula is C14H13NO5. The van der Waals surface area contributed by atoms with Gasteiger partial charge in [-0.3, -0.25) is 4.79 Å². The number of amides is 2. The molecule has 2 amide bonds. The maximum absolute atomic E-state index is 11.6. The Morgan fingerprint density at radius 2 is 2.05 bits per heavy atom. The minimum Gasteiger partial charge on any atom is -0.452 e. The molecule has 0 spiro atoms. The van der Waals surface area contributed by atoms with E-state index in [4.69, 9.17) is 4.74 Å². The van der Waals surface area contributed by atoms with Gasteiger partial charge in [-0.2, -0.15) is 0 Å². The van der Waals surface area contributed by atoms with Crippen LogP contribution in [0.4, 0.5) is 4.79 Å². The summed E-state index contributed by atoms with van der Waals surface area (Å²) in [6, 6.07) is 9.20. The van der Waals surface area contributed by atoms with E-state index >= 15 is 0 Å². The Labute approximate surface area is 115 Å². The van der Waals surface area contributed by atoms with Crippen LogP contribution in [0.15, 0.2) is 36.4 Å². The fraction of sp³-hybridized carbons (Fsp3) is 0.214. The van der Waals surface area contributed by atoms with Gasteiger partial charge in [0.25, 0.3) is 5.91 Å². The lowest BCUT2D eigenvalue weighted by atomic mass is 10.2. The van der Waals surface area contributed by atoms with Crippen LogP contribution in [-0.2, 0) is 19.1 Å². The van der Waals surface area contributed by atoms with E-state index in [2.05, 4.69) is 4.74 Å². The van der Waals surface area contributed by atoms with Gasteiger partial charge in [-0.05, 0) is 11.6 Å². The third-order valence-electron chi connectivity index (χ3n) is 2.61. The number of rotatable bonds is 4. The van der Waals surface area contributed by atoms with Crippen molar-refractivity contribution >= 4 is 24.0 Å². The fourth-order valence-corrected chi connectivity index (χ4v) is 1.61. The van der Waals surface area contributed by atoms with E-state index in [1.54, 1.807) is 6.08 Å². The summed E-state index contributed by atoms with van der Waals surface area (Å²) in [6.45, 7) is -0.117. The van der Waals surface area contributed by atoms with Crippen molar-refractivity contribution < 1.29 is 23.9 Å². The smallest absolute Gasteiger partial charge is 0.416 e. The Morgan fingerprint density at radius 1 is 1.30 bits per heavy atom. The summed E-state index contributed by atoms with van der Waals surface area (Å²) in [6.07, 6.45) is 2.10. The van der Waals surface area contributed by atoms with Gasteiger partial charge in [0, 0.05) is 6.08 Å². The second-order valence-corrected chi connectivity index (χ2v) is 4.01. The van der Waals surface area contributed by atoms with Crippen molar-refractivity contribution in [2.24, 2.45) is 0 Å². The third-order valence-corrected chi connectivity index (χ3v) is 2.61. The molecule has 0 aromatic heterocycles. The summed E-state index contributed by atoms with van der Waals surface area (Å²) in [5, 5.41) is 0. The van der Waals surface area contributed by atoms with Crippen LogP contribution in [-0.4, -0.2) is 42.6 Å². The lowest BCUT2D eigenvalue weighted by Gasteiger charge is -2.09. The molecular weight excluding hydrogens is 262 g/mol. The van der Waals surface area contributed by atoms with Crippen molar-refractivity contribution in [2.75, 3.05) is 19.8 Å². The molecule has 1 aromatic rings. The van der Waals surface area contributed by atoms with E-state index < -0.39 is 24.6 Å². The van der Waals surface area contributed by atoms with Crippen LogP contribution < -0.4 is 0 Å². The van der Waals surface area contributed by atoms with E-state index in [-0.39, 0.29) is 13.2 Å². The van der Waals surface area contributed by atoms with Gasteiger partial charge in [-0.1, -0.05) is 30.3 Å². The maximum atomic E-state index is 11.6. The molecule has 0 N–H and O–H groups in total. The van der Waals surface area contributed by atoms with E-state index in [1.807, 2.05) is 30.3 Å². The van der Waals surface area contributed by atoms with Crippen LogP contribution in [0.25, 0.3) is 6.08 Å². The van der Waals surface area contributed by atoms with E-state index in [9.17, 15) is 14.4 Å². The van der Waals surface area contributed by atoms with Crippen molar-refractivity contribution in [3.8, 4) is 0 Å². The highest BCUT2D eigenvalue weighted by molar-refractivity contribution is 5.95. The van der Waals surface area contributed by atoms with Crippen molar-refractivity contribution in [1.29, 1.82) is 0 Å². The highest BCUT2D eigenvalue weighted by atomic mass is 16.6. The van der Waals surface area contributed by atoms with Crippen LogP contribution in [0.2, 0.25) is 0 Å². The third kappa shape index (κ3) is 3.68. The second kappa shape index (κ2) is 6.51. The van der Waals surface area contributed by atoms with Gasteiger partial charge in [0.1, 0.15) is 6.61 Å². The first-order valence-corrected chi connectivity index (χ1v) is 6.04. The van der Waals surface area contributed by atoms with E-state index in [1.165, 1.54) is 6.08 Å². The molecule has 0 atom stereocenters. The Balaban J connectivity index is 1.79. The number of hydrogen-bond donors (Lipinski definition) is 0. The summed E-state index contributed by atoms with van der Waals surface area (Å²) in [5.41, 5.74) is 0.846. The molecule has 0 saturated carbocycles. The van der Waals surface area contributed by atoms with Crippen LogP contribution in [0.3, 0.4) is 0 Å². The largest absolute Gasteiger partial charge is 0.452 e. The molecule has 6 heteroatoms. The number of imide groups is 1. The lowest BCUT2D eigenvalue weighted by molar-refractivity contribution is -0.146. The number of hydrogen-bond acceptors (Lipinski definition) is 5. The number of carbonyl (C=O) groups excluding carboxylic acids is 3. The molecule has 2 rings (SSSR count). The number of ether oxygens (including phenoxy) is 2. The van der Waals surface area contributed by atoms with Gasteiger partial charge in [0.15, 0.2) is 6.61 Å². The highest BCUT2D eigenvalue weighted by Gasteiger charge is 2.28. The summed E-state index contributed by atoms with van der Waals surface area (Å²) < 4.78 is 9.37. The summed E-state index contributed by atoms with van der Waals surface area (Å²) >= 11 is 0. The Bertz CT molecular complexity index is 538. The van der Waals surface area contributed by atoms with E-state index in [0.29, 0.717) is 0 Å². The lowest BCUT2D eigenvalue weighted by Crippen LogP contribution is -2.35. The first-order valence-electron chi connectivity index (χ1n) is 6.04. The molecule has 1 aromatic carbocycles. The molecule has 0 unspecified atom stereocenters. The monoisotopic (exact) mass is 275 g/mol. The molecule has 1 saturated heterocycles. The van der Waals surface area contributed by atoms with Crippen molar-refractivity contribution in [3.63, 3.8) is 0 Å². The summed E-state index contributed by atoms with van der Waals surface area (Å²) in [5.74, 6) is -1.23. The maximum Gasteiger partial charge on any atom is 0.416 e. The molecule has 0 aliphatic carbocycles. The Kier molecular flexibility index (Phi) is 4.49. The molecule has 1 heterocycles. The molecule has 104 valence electrons.